The third-order valence-corrected chi connectivity index (χ3v) is 20.3. The molecule has 0 amide bonds. The van der Waals surface area contributed by atoms with E-state index in [1.165, 1.54) is 0 Å². The number of aromatic amines is 2. The highest BCUT2D eigenvalue weighted by Crippen LogP contribution is 2.53. The Bertz CT molecular complexity index is 5170. The molecule has 12 aromatic carbocycles. The van der Waals surface area contributed by atoms with Crippen molar-refractivity contribution in [2.45, 2.75) is 0 Å². The van der Waals surface area contributed by atoms with E-state index < -0.39 is 0 Å². The number of nitrogens with zero attached hydrogens (tertiary/aromatic N) is 14. The van der Waals surface area contributed by atoms with Gasteiger partial charge in [-0.1, -0.05) is 146 Å². The smallest absolute Gasteiger partial charge is 0.166 e. The molecule has 104 heavy (non-hydrogen) atoms. The van der Waals surface area contributed by atoms with E-state index >= 15 is 0 Å². The zero-order chi connectivity index (χ0) is 70.7. The van der Waals surface area contributed by atoms with Gasteiger partial charge in [0.15, 0.2) is 23.3 Å². The van der Waals surface area contributed by atoms with Crippen molar-refractivity contribution in [1.29, 1.82) is 0 Å². The van der Waals surface area contributed by atoms with Gasteiger partial charge in [0.05, 0.1) is 89.3 Å². The molecule has 16 nitrogen and oxygen atoms in total. The van der Waals surface area contributed by atoms with E-state index in [-0.39, 0.29) is 0 Å². The van der Waals surface area contributed by atoms with Crippen molar-refractivity contribution in [2.24, 2.45) is 0 Å². The van der Waals surface area contributed by atoms with Gasteiger partial charge in [-0.05, 0) is 146 Å². The molecule has 506 valence electrons. The first kappa shape index (κ1) is 63.8. The lowest BCUT2D eigenvalue weighted by Crippen LogP contribution is -2.14. The third kappa shape index (κ3) is 11.1. The van der Waals surface area contributed by atoms with Crippen LogP contribution in [0.25, 0.3) is 89.7 Å². The molecule has 0 radical (unpaired) electrons. The molecule has 0 spiro atoms. The Labute approximate surface area is 604 Å². The van der Waals surface area contributed by atoms with Crippen LogP contribution in [0.15, 0.2) is 291 Å². The zero-order valence-electron chi connectivity index (χ0n) is 59.0. The molecule has 3 aromatic heterocycles. The summed E-state index contributed by atoms with van der Waals surface area (Å²) in [6.07, 6.45) is 0. The zero-order valence-corrected chi connectivity index (χ0v) is 59.0. The Hall–Kier alpha value is -13.6. The number of para-hydroxylation sites is 8. The first-order valence-corrected chi connectivity index (χ1v) is 34.8. The Balaban J connectivity index is 1.11. The summed E-state index contributed by atoms with van der Waals surface area (Å²) in [5.74, 6) is 1.73. The molecule has 2 aliphatic rings. The fourth-order valence-corrected chi connectivity index (χ4v) is 14.7. The fraction of sp³-hybridized carbons (Fsp3) is 0.0909. The van der Waals surface area contributed by atoms with Crippen molar-refractivity contribution < 1.29 is 0 Å². The summed E-state index contributed by atoms with van der Waals surface area (Å²) in [6.45, 7) is 0. The molecular weight excluding hydrogens is 1280 g/mol. The van der Waals surface area contributed by atoms with E-state index in [0.29, 0.717) is 45.9 Å². The molecule has 0 saturated carbocycles. The van der Waals surface area contributed by atoms with Crippen LogP contribution in [0.3, 0.4) is 0 Å². The predicted molar refractivity (Wildman–Crippen MR) is 432 cm³/mol. The van der Waals surface area contributed by atoms with Crippen LogP contribution in [0.4, 0.5) is 91.0 Å². The summed E-state index contributed by atoms with van der Waals surface area (Å²) in [4.78, 5) is 61.6. The summed E-state index contributed by atoms with van der Waals surface area (Å²) < 4.78 is 0. The lowest BCUT2D eigenvalue weighted by Gasteiger charge is -2.27. The Morgan fingerprint density at radius 2 is 0.317 bits per heavy atom. The molecule has 0 aliphatic carbocycles. The number of nitrogens with one attached hydrogen (secondary N) is 2. The Morgan fingerprint density at radius 3 is 0.481 bits per heavy atom. The molecule has 17 rings (SSSR count). The lowest BCUT2D eigenvalue weighted by atomic mass is 10.0. The molecular formula is C88H74N16. The summed E-state index contributed by atoms with van der Waals surface area (Å²) in [5, 5.41) is 3.22. The van der Waals surface area contributed by atoms with Gasteiger partial charge in [-0.25, -0.2) is 29.9 Å². The quantitative estimate of drug-likeness (QED) is 0.0950. The van der Waals surface area contributed by atoms with Crippen LogP contribution in [0.5, 0.6) is 0 Å². The lowest BCUT2D eigenvalue weighted by molar-refractivity contribution is 1.18. The maximum atomic E-state index is 6.03. The van der Waals surface area contributed by atoms with Gasteiger partial charge in [-0.15, -0.1) is 0 Å². The van der Waals surface area contributed by atoms with Crippen molar-refractivity contribution in [2.75, 3.05) is 95.6 Å². The van der Waals surface area contributed by atoms with Crippen LogP contribution in [0.1, 0.15) is 0 Å². The van der Waals surface area contributed by atoms with E-state index in [0.717, 1.165) is 135 Å². The van der Waals surface area contributed by atoms with Crippen molar-refractivity contribution in [1.82, 2.24) is 39.9 Å². The average molecular weight is 1360 g/mol. The molecule has 2 N–H and O–H groups in total. The predicted octanol–water partition coefficient (Wildman–Crippen LogP) is 21.0. The summed E-state index contributed by atoms with van der Waals surface area (Å²) in [7, 11) is 16.9. The largest absolute Gasteiger partial charge is 0.344 e. The molecule has 5 heterocycles. The van der Waals surface area contributed by atoms with Crippen LogP contribution in [-0.4, -0.2) is 96.3 Å². The van der Waals surface area contributed by atoms with Gasteiger partial charge in [0.1, 0.15) is 22.6 Å². The first-order valence-electron chi connectivity index (χ1n) is 34.8. The molecule has 0 unspecified atom stereocenters. The van der Waals surface area contributed by atoms with Crippen molar-refractivity contribution in [3.63, 3.8) is 0 Å². The van der Waals surface area contributed by atoms with Gasteiger partial charge >= 0.3 is 0 Å². The average Bonchev–Trinajstić information content (AvgIpc) is 1.55. The van der Waals surface area contributed by atoms with E-state index in [4.69, 9.17) is 29.9 Å². The Morgan fingerprint density at radius 1 is 0.173 bits per heavy atom. The van der Waals surface area contributed by atoms with Crippen molar-refractivity contribution >= 4 is 135 Å². The SMILES string of the molecule is CN(c1ccccc1)c1ccc(N(C)c2ccccc2)c2c1-c1nc-2nc2[nH]c(nc3nc(nc4[nH]c(n1)c1c(N(C)c5ccccc5)ccc(N(C)c5ccccc5)c41)-c1c(N(C)c4ccccc4)ccc(N(C)c4ccccc4)c1-3)c1c(N(C)c3ccccc3)ccc(N(C)c3ccccc3)c21. The van der Waals surface area contributed by atoms with Gasteiger partial charge in [-0.2, -0.15) is 0 Å². The molecule has 0 fully saturated rings. The minimum atomic E-state index is 0.434. The second kappa shape index (κ2) is 26.5. The summed E-state index contributed by atoms with van der Waals surface area (Å²) >= 11 is 0. The molecule has 0 saturated heterocycles. The number of fused-ring (bicyclic) bond motifs is 20. The third-order valence-electron chi connectivity index (χ3n) is 20.3. The second-order valence-electron chi connectivity index (χ2n) is 26.2. The number of hydrogen-bond acceptors (Lipinski definition) is 14. The number of aromatic nitrogens is 8. The van der Waals surface area contributed by atoms with Crippen LogP contribution < -0.4 is 39.2 Å². The van der Waals surface area contributed by atoms with Crippen LogP contribution in [-0.2, 0) is 0 Å². The second-order valence-corrected chi connectivity index (χ2v) is 26.2. The van der Waals surface area contributed by atoms with Crippen LogP contribution in [0.2, 0.25) is 0 Å². The monoisotopic (exact) mass is 1350 g/mol. The topological polar surface area (TPSA) is 135 Å². The Kier molecular flexibility index (Phi) is 16.3. The van der Waals surface area contributed by atoms with E-state index in [2.05, 4.69) is 348 Å². The first-order chi connectivity index (χ1) is 50.9. The number of anilines is 16. The number of H-pyrrole nitrogens is 2. The van der Waals surface area contributed by atoms with Crippen LogP contribution in [0, 0.1) is 0 Å². The minimum Gasteiger partial charge on any atom is -0.344 e. The highest BCUT2D eigenvalue weighted by Gasteiger charge is 2.34. The highest BCUT2D eigenvalue weighted by atomic mass is 15.2. The molecule has 15 aromatic rings. The standard InChI is InChI=1S/C88H74N16/c1-97(57-33-17-9-18-34-57)65-49-50-66(98(2)58-35-19-10-20-36-58)74-73(65)81-89-82(74)94-84-77-69(101(5)61-41-25-13-26-42-61)53-54-70(102(6)62-43-27-14-28-44-62)78(77)86(91-84)96-88-80-72(104(8)64-47-31-16-32-48-64)56-55-71(103(7)63-45-29-15-30-46-63)79(80)87(92-88)95-85-76-68(100(4)60-39-23-12-24-40-60)52-51-67(75(76)83(90-85)93-81)99(3)59-37-21-11-22-38-59/h9-56H,1-8H3,(H2,89,90,91,92,93,94,95,96). The van der Waals surface area contributed by atoms with Gasteiger partial charge in [0.25, 0.3) is 0 Å². The molecule has 8 bridgehead atoms. The van der Waals surface area contributed by atoms with Crippen LogP contribution >= 0.6 is 0 Å². The maximum Gasteiger partial charge on any atom is 0.166 e. The number of rotatable bonds is 16. The van der Waals surface area contributed by atoms with E-state index in [1.807, 2.05) is 48.5 Å². The van der Waals surface area contributed by atoms with Crippen molar-refractivity contribution in [3.05, 3.63) is 291 Å². The molecule has 16 heteroatoms. The normalized spacial score (nSPS) is 11.5. The van der Waals surface area contributed by atoms with Gasteiger partial charge < -0.3 is 49.2 Å². The minimum absolute atomic E-state index is 0.434. The fourth-order valence-electron chi connectivity index (χ4n) is 14.7. The molecule has 2 aliphatic heterocycles. The number of hydrogen-bond donors (Lipinski definition) is 2. The highest BCUT2D eigenvalue weighted by molar-refractivity contribution is 6.20. The maximum absolute atomic E-state index is 6.03. The summed E-state index contributed by atoms with van der Waals surface area (Å²) in [5.41, 5.74) is 20.0. The summed E-state index contributed by atoms with van der Waals surface area (Å²) in [6, 6.07) is 101. The van der Waals surface area contributed by atoms with E-state index in [1.54, 1.807) is 0 Å². The van der Waals surface area contributed by atoms with Gasteiger partial charge in [0, 0.05) is 102 Å². The number of benzene rings is 12. The van der Waals surface area contributed by atoms with E-state index in [9.17, 15) is 0 Å². The van der Waals surface area contributed by atoms with Gasteiger partial charge in [-0.3, -0.25) is 0 Å². The van der Waals surface area contributed by atoms with Gasteiger partial charge in [0.2, 0.25) is 0 Å². The molecule has 0 atom stereocenters. The van der Waals surface area contributed by atoms with Crippen molar-refractivity contribution in [3.8, 4) is 45.6 Å².